The van der Waals surface area contributed by atoms with Crippen molar-refractivity contribution < 1.29 is 9.47 Å². The third kappa shape index (κ3) is 4.21. The Bertz CT molecular complexity index is 1000. The highest BCUT2D eigenvalue weighted by molar-refractivity contribution is 5.44. The first kappa shape index (κ1) is 20.5. The van der Waals surface area contributed by atoms with Crippen LogP contribution in [-0.4, -0.2) is 23.5 Å². The van der Waals surface area contributed by atoms with E-state index in [1.54, 1.807) is 7.11 Å². The number of aryl methyl sites for hydroxylation is 2. The standard InChI is InChI=1S/C25H31N3O2/c1-5-30-25-14-19(9-10-24(25)29-4)15-26-22-7-6-8-23-21(22)16-27-28(23)20-12-17(2)11-18(3)13-20/h9-14,16,22,26H,5-8,15H2,1-4H3. The van der Waals surface area contributed by atoms with Crippen molar-refractivity contribution in [2.24, 2.45) is 0 Å². The predicted octanol–water partition coefficient (Wildman–Crippen LogP) is 5.06. The summed E-state index contributed by atoms with van der Waals surface area (Å²) in [5.41, 5.74) is 7.53. The molecule has 0 radical (unpaired) electrons. The smallest absolute Gasteiger partial charge is 0.161 e. The maximum atomic E-state index is 5.72. The lowest BCUT2D eigenvalue weighted by Crippen LogP contribution is -2.25. The number of hydrogen-bond donors (Lipinski definition) is 1. The first-order valence-corrected chi connectivity index (χ1v) is 10.8. The van der Waals surface area contributed by atoms with E-state index in [-0.39, 0.29) is 0 Å². The van der Waals surface area contributed by atoms with Crippen molar-refractivity contribution in [2.45, 2.75) is 52.6 Å². The molecule has 1 aliphatic rings. The first-order valence-electron chi connectivity index (χ1n) is 10.8. The molecule has 158 valence electrons. The van der Waals surface area contributed by atoms with E-state index in [0.717, 1.165) is 43.0 Å². The number of methoxy groups -OCH3 is 1. The van der Waals surface area contributed by atoms with Crippen molar-refractivity contribution >= 4 is 0 Å². The van der Waals surface area contributed by atoms with Crippen LogP contribution in [0.4, 0.5) is 0 Å². The summed E-state index contributed by atoms with van der Waals surface area (Å²) < 4.78 is 13.2. The van der Waals surface area contributed by atoms with Crippen molar-refractivity contribution in [1.82, 2.24) is 15.1 Å². The molecule has 1 N–H and O–H groups in total. The molecular weight excluding hydrogens is 374 g/mol. The van der Waals surface area contributed by atoms with E-state index < -0.39 is 0 Å². The van der Waals surface area contributed by atoms with Gasteiger partial charge in [0.25, 0.3) is 0 Å². The Kier molecular flexibility index (Phi) is 6.09. The number of aromatic nitrogens is 2. The molecular formula is C25H31N3O2. The summed E-state index contributed by atoms with van der Waals surface area (Å²) in [5.74, 6) is 1.57. The van der Waals surface area contributed by atoms with Crippen LogP contribution in [0.15, 0.2) is 42.6 Å². The second-order valence-electron chi connectivity index (χ2n) is 8.05. The Morgan fingerprint density at radius 2 is 1.90 bits per heavy atom. The summed E-state index contributed by atoms with van der Waals surface area (Å²) in [6.45, 7) is 7.67. The molecule has 1 aromatic heterocycles. The van der Waals surface area contributed by atoms with Crippen LogP contribution in [0, 0.1) is 13.8 Å². The van der Waals surface area contributed by atoms with E-state index in [0.29, 0.717) is 12.6 Å². The fourth-order valence-corrected chi connectivity index (χ4v) is 4.40. The first-order chi connectivity index (χ1) is 14.6. The number of benzene rings is 2. The second kappa shape index (κ2) is 8.92. The molecule has 5 nitrogen and oxygen atoms in total. The predicted molar refractivity (Wildman–Crippen MR) is 120 cm³/mol. The average molecular weight is 406 g/mol. The number of nitrogens with one attached hydrogen (secondary N) is 1. The lowest BCUT2D eigenvalue weighted by molar-refractivity contribution is 0.310. The van der Waals surface area contributed by atoms with Gasteiger partial charge < -0.3 is 14.8 Å². The highest BCUT2D eigenvalue weighted by Gasteiger charge is 2.24. The number of ether oxygens (including phenoxy) is 2. The van der Waals surface area contributed by atoms with E-state index in [9.17, 15) is 0 Å². The van der Waals surface area contributed by atoms with Crippen LogP contribution in [0.25, 0.3) is 5.69 Å². The van der Waals surface area contributed by atoms with E-state index in [1.807, 2.05) is 19.2 Å². The van der Waals surface area contributed by atoms with Gasteiger partial charge in [-0.25, -0.2) is 4.68 Å². The molecule has 0 saturated heterocycles. The number of hydrogen-bond acceptors (Lipinski definition) is 4. The largest absolute Gasteiger partial charge is 0.493 e. The quantitative estimate of drug-likeness (QED) is 0.597. The molecule has 0 fully saturated rings. The molecule has 30 heavy (non-hydrogen) atoms. The normalized spacial score (nSPS) is 15.7. The molecule has 1 aliphatic carbocycles. The topological polar surface area (TPSA) is 48.3 Å². The summed E-state index contributed by atoms with van der Waals surface area (Å²) in [5, 5.41) is 8.50. The van der Waals surface area contributed by atoms with E-state index in [1.165, 1.54) is 27.9 Å². The van der Waals surface area contributed by atoms with Crippen LogP contribution in [-0.2, 0) is 13.0 Å². The monoisotopic (exact) mass is 405 g/mol. The molecule has 1 unspecified atom stereocenters. The van der Waals surface area contributed by atoms with Crippen LogP contribution in [0.2, 0.25) is 0 Å². The zero-order valence-corrected chi connectivity index (χ0v) is 18.4. The maximum absolute atomic E-state index is 5.72. The van der Waals surface area contributed by atoms with Gasteiger partial charge in [-0.2, -0.15) is 5.10 Å². The molecule has 0 amide bonds. The third-order valence-electron chi connectivity index (χ3n) is 5.71. The molecule has 5 heteroatoms. The molecule has 4 rings (SSSR count). The fourth-order valence-electron chi connectivity index (χ4n) is 4.40. The fraction of sp³-hybridized carbons (Fsp3) is 0.400. The summed E-state index contributed by atoms with van der Waals surface area (Å²) in [7, 11) is 1.67. The Morgan fingerprint density at radius 3 is 2.63 bits per heavy atom. The minimum Gasteiger partial charge on any atom is -0.493 e. The lowest BCUT2D eigenvalue weighted by Gasteiger charge is -2.24. The molecule has 1 atom stereocenters. The van der Waals surface area contributed by atoms with Gasteiger partial charge in [0, 0.05) is 23.8 Å². The number of nitrogens with zero attached hydrogens (tertiary/aromatic N) is 2. The maximum Gasteiger partial charge on any atom is 0.161 e. The number of rotatable bonds is 7. The Hall–Kier alpha value is -2.79. The van der Waals surface area contributed by atoms with Gasteiger partial charge in [0.05, 0.1) is 25.6 Å². The Balaban J connectivity index is 1.53. The van der Waals surface area contributed by atoms with Crippen LogP contribution in [0.5, 0.6) is 11.5 Å². The highest BCUT2D eigenvalue weighted by Crippen LogP contribution is 2.32. The second-order valence-corrected chi connectivity index (χ2v) is 8.05. The molecule has 0 spiro atoms. The van der Waals surface area contributed by atoms with E-state index >= 15 is 0 Å². The van der Waals surface area contributed by atoms with Crippen molar-refractivity contribution in [3.63, 3.8) is 0 Å². The van der Waals surface area contributed by atoms with Gasteiger partial charge in [-0.05, 0) is 81.0 Å². The summed E-state index contributed by atoms with van der Waals surface area (Å²) in [4.78, 5) is 0. The molecule has 0 saturated carbocycles. The van der Waals surface area contributed by atoms with Gasteiger partial charge in [-0.15, -0.1) is 0 Å². The zero-order valence-electron chi connectivity index (χ0n) is 18.4. The van der Waals surface area contributed by atoms with Gasteiger partial charge in [0.2, 0.25) is 0 Å². The van der Waals surface area contributed by atoms with Crippen molar-refractivity contribution in [3.05, 3.63) is 70.5 Å². The molecule has 3 aromatic rings. The molecule has 0 aliphatic heterocycles. The van der Waals surface area contributed by atoms with Gasteiger partial charge in [0.15, 0.2) is 11.5 Å². The van der Waals surface area contributed by atoms with Gasteiger partial charge in [-0.1, -0.05) is 12.1 Å². The van der Waals surface area contributed by atoms with Crippen LogP contribution < -0.4 is 14.8 Å². The van der Waals surface area contributed by atoms with Crippen LogP contribution >= 0.6 is 0 Å². The molecule has 1 heterocycles. The van der Waals surface area contributed by atoms with Gasteiger partial charge in [0.1, 0.15) is 0 Å². The van der Waals surface area contributed by atoms with Gasteiger partial charge >= 0.3 is 0 Å². The summed E-state index contributed by atoms with van der Waals surface area (Å²) >= 11 is 0. The van der Waals surface area contributed by atoms with Crippen molar-refractivity contribution in [2.75, 3.05) is 13.7 Å². The molecule has 2 aromatic carbocycles. The minimum absolute atomic E-state index is 0.311. The van der Waals surface area contributed by atoms with Crippen LogP contribution in [0.1, 0.15) is 53.8 Å². The molecule has 0 bridgehead atoms. The Morgan fingerprint density at radius 1 is 1.10 bits per heavy atom. The van der Waals surface area contributed by atoms with Crippen molar-refractivity contribution in [1.29, 1.82) is 0 Å². The summed E-state index contributed by atoms with van der Waals surface area (Å²) in [6.07, 6.45) is 5.40. The van der Waals surface area contributed by atoms with E-state index in [4.69, 9.17) is 14.6 Å². The Labute approximate surface area is 179 Å². The van der Waals surface area contributed by atoms with Crippen molar-refractivity contribution in [3.8, 4) is 17.2 Å². The third-order valence-corrected chi connectivity index (χ3v) is 5.71. The summed E-state index contributed by atoms with van der Waals surface area (Å²) in [6, 6.07) is 13.1. The lowest BCUT2D eigenvalue weighted by atomic mass is 9.92. The highest BCUT2D eigenvalue weighted by atomic mass is 16.5. The number of fused-ring (bicyclic) bond motifs is 1. The average Bonchev–Trinajstić information content (AvgIpc) is 3.17. The van der Waals surface area contributed by atoms with Gasteiger partial charge in [-0.3, -0.25) is 0 Å². The zero-order chi connectivity index (χ0) is 21.1. The minimum atomic E-state index is 0.311. The SMILES string of the molecule is CCOc1cc(CNC2CCCc3c2cnn3-c2cc(C)cc(C)c2)ccc1OC. The van der Waals surface area contributed by atoms with Crippen LogP contribution in [0.3, 0.4) is 0 Å². The van der Waals surface area contributed by atoms with E-state index in [2.05, 4.69) is 54.2 Å².